The summed E-state index contributed by atoms with van der Waals surface area (Å²) >= 11 is 0. The zero-order valence-corrected chi connectivity index (χ0v) is 31.4. The van der Waals surface area contributed by atoms with Crippen LogP contribution in [-0.4, -0.2) is 15.0 Å². The first kappa shape index (κ1) is 34.1. The highest BCUT2D eigenvalue weighted by Gasteiger charge is 2.38. The van der Waals surface area contributed by atoms with Gasteiger partial charge in [0.05, 0.1) is 0 Å². The molecule has 0 N–H and O–H groups in total. The molecule has 8 aromatic carbocycles. The predicted octanol–water partition coefficient (Wildman–Crippen LogP) is 13.2. The van der Waals surface area contributed by atoms with Gasteiger partial charge in [0.1, 0.15) is 5.75 Å². The van der Waals surface area contributed by atoms with Gasteiger partial charge < -0.3 is 4.74 Å². The number of aromatic nitrogens is 3. The van der Waals surface area contributed by atoms with Crippen LogP contribution in [0.4, 0.5) is 0 Å². The van der Waals surface area contributed by atoms with Gasteiger partial charge >= 0.3 is 0 Å². The van der Waals surface area contributed by atoms with E-state index in [4.69, 9.17) is 19.7 Å². The molecule has 10 rings (SSSR count). The van der Waals surface area contributed by atoms with Crippen molar-refractivity contribution in [2.45, 2.75) is 12.5 Å². The Balaban J connectivity index is 0.888. The lowest BCUT2D eigenvalue weighted by Gasteiger charge is -2.38. The first-order valence-electron chi connectivity index (χ1n) is 19.3. The maximum Gasteiger partial charge on any atom is 0.164 e. The zero-order valence-electron chi connectivity index (χ0n) is 31.4. The van der Waals surface area contributed by atoms with Gasteiger partial charge in [0.15, 0.2) is 23.1 Å². The van der Waals surface area contributed by atoms with Crippen molar-refractivity contribution >= 4 is 0 Å². The fourth-order valence-electron chi connectivity index (χ4n) is 7.85. The summed E-state index contributed by atoms with van der Waals surface area (Å²) in [6, 6.07) is 71.8. The monoisotopic (exact) mass is 731 g/mol. The maximum atomic E-state index is 6.90. The smallest absolute Gasteiger partial charge is 0.164 e. The van der Waals surface area contributed by atoms with Crippen LogP contribution in [0.3, 0.4) is 0 Å². The molecule has 0 saturated heterocycles. The van der Waals surface area contributed by atoms with Gasteiger partial charge in [-0.15, -0.1) is 0 Å². The number of rotatable bonds is 7. The van der Waals surface area contributed by atoms with Crippen LogP contribution in [0.15, 0.2) is 206 Å². The summed E-state index contributed by atoms with van der Waals surface area (Å²) in [4.78, 5) is 14.6. The molecule has 4 nitrogen and oxygen atoms in total. The Morgan fingerprint density at radius 3 is 1.19 bits per heavy atom. The van der Waals surface area contributed by atoms with Gasteiger partial charge in [-0.1, -0.05) is 200 Å². The lowest BCUT2D eigenvalue weighted by molar-refractivity contribution is 0.129. The van der Waals surface area contributed by atoms with Gasteiger partial charge in [0, 0.05) is 27.8 Å². The Bertz CT molecular complexity index is 2780. The summed E-state index contributed by atoms with van der Waals surface area (Å²) < 4.78 is 6.90. The van der Waals surface area contributed by atoms with Gasteiger partial charge in [-0.3, -0.25) is 0 Å². The third-order valence-electron chi connectivity index (χ3n) is 11.0. The second-order valence-corrected chi connectivity index (χ2v) is 14.5. The average Bonchev–Trinajstić information content (AvgIpc) is 3.30. The third kappa shape index (κ3) is 6.47. The van der Waals surface area contributed by atoms with Crippen molar-refractivity contribution in [3.8, 4) is 84.4 Å². The minimum atomic E-state index is -0.589. The van der Waals surface area contributed by atoms with Crippen molar-refractivity contribution in [1.82, 2.24) is 15.0 Å². The Morgan fingerprint density at radius 2 is 0.702 bits per heavy atom. The van der Waals surface area contributed by atoms with E-state index in [0.717, 1.165) is 61.4 Å². The molecule has 270 valence electrons. The fourth-order valence-corrected chi connectivity index (χ4v) is 7.85. The molecule has 0 aliphatic carbocycles. The van der Waals surface area contributed by atoms with Gasteiger partial charge in [-0.05, 0) is 57.5 Å². The van der Waals surface area contributed by atoms with E-state index in [2.05, 4.69) is 146 Å². The minimum absolute atomic E-state index is 0.589. The average molecular weight is 732 g/mol. The second kappa shape index (κ2) is 14.3. The molecule has 1 unspecified atom stereocenters. The minimum Gasteiger partial charge on any atom is -0.477 e. The Kier molecular flexibility index (Phi) is 8.57. The number of ether oxygens (including phenoxy) is 1. The summed E-state index contributed by atoms with van der Waals surface area (Å²) in [5, 5.41) is 0. The molecule has 4 heteroatoms. The van der Waals surface area contributed by atoms with E-state index in [9.17, 15) is 0 Å². The molecule has 0 spiro atoms. The molecule has 0 radical (unpaired) electrons. The first-order valence-corrected chi connectivity index (χ1v) is 19.3. The number of nitrogens with zero attached hydrogens (tertiary/aromatic N) is 3. The van der Waals surface area contributed by atoms with Crippen LogP contribution in [0.1, 0.15) is 18.1 Å². The van der Waals surface area contributed by atoms with Gasteiger partial charge in [-0.2, -0.15) is 0 Å². The first-order chi connectivity index (χ1) is 28.1. The third-order valence-corrected chi connectivity index (χ3v) is 11.0. The molecule has 1 aliphatic rings. The molecule has 1 aromatic heterocycles. The van der Waals surface area contributed by atoms with Crippen LogP contribution >= 0.6 is 0 Å². The van der Waals surface area contributed by atoms with Crippen LogP contribution in [0.2, 0.25) is 0 Å². The fraction of sp³-hybridized carbons (Fsp3) is 0.0377. The van der Waals surface area contributed by atoms with Crippen LogP contribution in [0, 0.1) is 0 Å². The van der Waals surface area contributed by atoms with E-state index in [0.29, 0.717) is 17.5 Å². The SMILES string of the molecule is CC1(c2ccccc2)Oc2cc(-c3ccc(-c4ccc(-c5ccc(-c6nc(-c7ccccc7)nc(-c7ccccc7)n6)cc5)cc4)cc3)ccc2-c2ccccc21. The molecule has 9 aromatic rings. The summed E-state index contributed by atoms with van der Waals surface area (Å²) in [6.45, 7) is 2.17. The molecule has 0 fully saturated rings. The van der Waals surface area contributed by atoms with Gasteiger partial charge in [-0.25, -0.2) is 15.0 Å². The Morgan fingerprint density at radius 1 is 0.333 bits per heavy atom. The normalized spacial score (nSPS) is 14.3. The quantitative estimate of drug-likeness (QED) is 0.164. The summed E-state index contributed by atoms with van der Waals surface area (Å²) in [5.41, 5.74) is 13.8. The second-order valence-electron chi connectivity index (χ2n) is 14.5. The molecule has 1 aliphatic heterocycles. The summed E-state index contributed by atoms with van der Waals surface area (Å²) in [6.07, 6.45) is 0. The van der Waals surface area contributed by atoms with E-state index in [-0.39, 0.29) is 0 Å². The lowest BCUT2D eigenvalue weighted by Crippen LogP contribution is -2.34. The van der Waals surface area contributed by atoms with E-state index >= 15 is 0 Å². The highest BCUT2D eigenvalue weighted by molar-refractivity contribution is 5.82. The van der Waals surface area contributed by atoms with Gasteiger partial charge in [0.2, 0.25) is 0 Å². The topological polar surface area (TPSA) is 47.9 Å². The molecular formula is C53H37N3O. The van der Waals surface area contributed by atoms with Crippen molar-refractivity contribution in [2.75, 3.05) is 0 Å². The van der Waals surface area contributed by atoms with Crippen molar-refractivity contribution < 1.29 is 4.74 Å². The van der Waals surface area contributed by atoms with Crippen molar-refractivity contribution in [2.24, 2.45) is 0 Å². The van der Waals surface area contributed by atoms with Crippen molar-refractivity contribution in [3.05, 3.63) is 217 Å². The molecule has 57 heavy (non-hydrogen) atoms. The van der Waals surface area contributed by atoms with E-state index in [1.807, 2.05) is 66.7 Å². The predicted molar refractivity (Wildman–Crippen MR) is 231 cm³/mol. The van der Waals surface area contributed by atoms with Crippen LogP contribution < -0.4 is 4.74 Å². The molecule has 0 amide bonds. The number of hydrogen-bond donors (Lipinski definition) is 0. The van der Waals surface area contributed by atoms with Crippen LogP contribution in [0.5, 0.6) is 5.75 Å². The summed E-state index contributed by atoms with van der Waals surface area (Å²) in [5.74, 6) is 2.85. The van der Waals surface area contributed by atoms with Crippen molar-refractivity contribution in [3.63, 3.8) is 0 Å². The molecule has 1 atom stereocenters. The number of benzene rings is 8. The Labute approximate surface area is 332 Å². The van der Waals surface area contributed by atoms with Crippen LogP contribution in [-0.2, 0) is 5.60 Å². The van der Waals surface area contributed by atoms with E-state index in [1.165, 1.54) is 16.7 Å². The molecular weight excluding hydrogens is 695 g/mol. The summed E-state index contributed by atoms with van der Waals surface area (Å²) in [7, 11) is 0. The van der Waals surface area contributed by atoms with Gasteiger partial charge in [0.25, 0.3) is 0 Å². The highest BCUT2D eigenvalue weighted by atomic mass is 16.5. The van der Waals surface area contributed by atoms with E-state index < -0.39 is 5.60 Å². The molecule has 2 heterocycles. The maximum absolute atomic E-state index is 6.90. The number of hydrogen-bond acceptors (Lipinski definition) is 4. The van der Waals surface area contributed by atoms with Crippen LogP contribution in [0.25, 0.3) is 78.7 Å². The highest BCUT2D eigenvalue weighted by Crippen LogP contribution is 2.49. The number of fused-ring (bicyclic) bond motifs is 3. The molecule has 0 bridgehead atoms. The zero-order chi connectivity index (χ0) is 38.2. The lowest BCUT2D eigenvalue weighted by atomic mass is 9.80. The van der Waals surface area contributed by atoms with E-state index in [1.54, 1.807) is 0 Å². The molecule has 0 saturated carbocycles. The standard InChI is InChI=1S/C53H37N3O/c1-53(45-17-9-4-10-18-45)48-20-12-11-19-46(48)47-34-33-44(35-49(47)57-53)40-27-25-38(26-28-40)36-21-23-37(24-22-36)39-29-31-43(32-30-39)52-55-50(41-13-5-2-6-14-41)54-51(56-52)42-15-7-3-8-16-42/h2-35H,1H3. The van der Waals surface area contributed by atoms with Crippen molar-refractivity contribution in [1.29, 1.82) is 0 Å². The largest absolute Gasteiger partial charge is 0.477 e. The Hall–Kier alpha value is -7.43.